The minimum atomic E-state index is -3.35. The van der Waals surface area contributed by atoms with E-state index in [2.05, 4.69) is 5.32 Å². The molecule has 0 aromatic heterocycles. The van der Waals surface area contributed by atoms with Crippen molar-refractivity contribution < 1.29 is 17.6 Å². The predicted octanol–water partition coefficient (Wildman–Crippen LogP) is 2.34. The molecule has 19 heavy (non-hydrogen) atoms. The molecule has 0 radical (unpaired) electrons. The molecule has 1 atom stereocenters. The van der Waals surface area contributed by atoms with E-state index in [4.69, 9.17) is 0 Å². The molecule has 1 amide bonds. The molecule has 1 unspecified atom stereocenters. The van der Waals surface area contributed by atoms with Gasteiger partial charge in [-0.15, -0.1) is 0 Å². The Morgan fingerprint density at radius 2 is 2.11 bits per heavy atom. The minimum absolute atomic E-state index is 0.0611. The van der Waals surface area contributed by atoms with E-state index < -0.39 is 26.8 Å². The largest absolute Gasteiger partial charge is 0.324 e. The van der Waals surface area contributed by atoms with Gasteiger partial charge < -0.3 is 5.32 Å². The average molecular weight is 397 g/mol. The monoisotopic (exact) mass is 397 g/mol. The summed E-state index contributed by atoms with van der Waals surface area (Å²) in [5.41, 5.74) is 0.438. The van der Waals surface area contributed by atoms with Gasteiger partial charge in [-0.2, -0.15) is 0 Å². The molecule has 2 rings (SSSR count). The van der Waals surface area contributed by atoms with Crippen LogP contribution in [-0.4, -0.2) is 25.3 Å². The first kappa shape index (κ1) is 14.7. The van der Waals surface area contributed by atoms with Crippen molar-refractivity contribution in [3.05, 3.63) is 27.6 Å². The van der Waals surface area contributed by atoms with E-state index in [1.54, 1.807) is 0 Å². The lowest BCUT2D eigenvalue weighted by Gasteiger charge is -2.21. The number of nitrogens with one attached hydrogen (secondary N) is 1. The van der Waals surface area contributed by atoms with Crippen LogP contribution in [0.4, 0.5) is 10.1 Å². The number of rotatable bonds is 2. The molecule has 1 aliphatic heterocycles. The maximum Gasteiger partial charge on any atom is 0.242 e. The summed E-state index contributed by atoms with van der Waals surface area (Å²) in [4.78, 5) is 12.0. The normalized spacial score (nSPS) is 21.9. The number of carbonyl (C=O) groups is 1. The van der Waals surface area contributed by atoms with Crippen molar-refractivity contribution in [3.63, 3.8) is 0 Å². The van der Waals surface area contributed by atoms with Crippen molar-refractivity contribution >= 4 is 44.0 Å². The maximum atomic E-state index is 12.9. The Morgan fingerprint density at radius 1 is 1.37 bits per heavy atom. The summed E-state index contributed by atoms with van der Waals surface area (Å²) in [5, 5.41) is 1.59. The zero-order valence-electron chi connectivity index (χ0n) is 10.0. The minimum Gasteiger partial charge on any atom is -0.324 e. The first-order valence-electron chi connectivity index (χ1n) is 5.87. The summed E-state index contributed by atoms with van der Waals surface area (Å²) in [6, 6.07) is 3.95. The van der Waals surface area contributed by atoms with Gasteiger partial charge in [0.2, 0.25) is 5.91 Å². The number of hydrogen-bond acceptors (Lipinski definition) is 3. The molecule has 0 saturated carbocycles. The standard InChI is InChI=1S/C12H13FINO3S/c13-8-4-5-10(9(14)7-8)15-12(16)11-3-1-2-6-19(11,17)18/h4-5,7,11H,1-3,6H2,(H,15,16). The first-order valence-corrected chi connectivity index (χ1v) is 8.67. The molecule has 1 aliphatic rings. The molecule has 104 valence electrons. The van der Waals surface area contributed by atoms with Crippen LogP contribution in [0.2, 0.25) is 0 Å². The van der Waals surface area contributed by atoms with Crippen LogP contribution >= 0.6 is 22.6 Å². The molecule has 1 aromatic rings. The zero-order chi connectivity index (χ0) is 14.0. The highest BCUT2D eigenvalue weighted by molar-refractivity contribution is 14.1. The predicted molar refractivity (Wildman–Crippen MR) is 79.2 cm³/mol. The third-order valence-corrected chi connectivity index (χ3v) is 6.13. The van der Waals surface area contributed by atoms with Crippen molar-refractivity contribution in [2.75, 3.05) is 11.1 Å². The van der Waals surface area contributed by atoms with E-state index in [9.17, 15) is 17.6 Å². The Morgan fingerprint density at radius 3 is 2.74 bits per heavy atom. The van der Waals surface area contributed by atoms with Crippen molar-refractivity contribution in [1.82, 2.24) is 0 Å². The van der Waals surface area contributed by atoms with Gasteiger partial charge >= 0.3 is 0 Å². The molecule has 4 nitrogen and oxygen atoms in total. The third kappa shape index (κ3) is 3.44. The summed E-state index contributed by atoms with van der Waals surface area (Å²) >= 11 is 1.89. The van der Waals surface area contributed by atoms with Crippen LogP contribution < -0.4 is 5.32 Å². The van der Waals surface area contributed by atoms with E-state index in [0.717, 1.165) is 6.42 Å². The smallest absolute Gasteiger partial charge is 0.242 e. The lowest BCUT2D eigenvalue weighted by Crippen LogP contribution is -2.39. The Labute approximate surface area is 124 Å². The highest BCUT2D eigenvalue weighted by Gasteiger charge is 2.34. The number of carbonyl (C=O) groups excluding carboxylic acids is 1. The highest BCUT2D eigenvalue weighted by atomic mass is 127. The molecule has 1 heterocycles. The zero-order valence-corrected chi connectivity index (χ0v) is 13.0. The Balaban J connectivity index is 2.17. The second-order valence-electron chi connectivity index (χ2n) is 4.46. The van der Waals surface area contributed by atoms with Gasteiger partial charge in [0, 0.05) is 3.57 Å². The van der Waals surface area contributed by atoms with Gasteiger partial charge in [-0.3, -0.25) is 4.79 Å². The second kappa shape index (κ2) is 5.74. The number of sulfone groups is 1. The SMILES string of the molecule is O=C(Nc1ccc(F)cc1I)C1CCCCS1(=O)=O. The van der Waals surface area contributed by atoms with Crippen molar-refractivity contribution in [2.24, 2.45) is 0 Å². The topological polar surface area (TPSA) is 63.2 Å². The van der Waals surface area contributed by atoms with Crippen molar-refractivity contribution in [1.29, 1.82) is 0 Å². The van der Waals surface area contributed by atoms with Crippen molar-refractivity contribution in [2.45, 2.75) is 24.5 Å². The van der Waals surface area contributed by atoms with Crippen LogP contribution in [-0.2, 0) is 14.6 Å². The van der Waals surface area contributed by atoms with Crippen LogP contribution in [0.5, 0.6) is 0 Å². The number of hydrogen-bond donors (Lipinski definition) is 1. The van der Waals surface area contributed by atoms with Crippen molar-refractivity contribution in [3.8, 4) is 0 Å². The summed E-state index contributed by atoms with van der Waals surface area (Å²) in [7, 11) is -3.35. The van der Waals surface area contributed by atoms with Crippen LogP contribution in [0.3, 0.4) is 0 Å². The Kier molecular flexibility index (Phi) is 4.44. The van der Waals surface area contributed by atoms with Crippen LogP contribution in [0.15, 0.2) is 18.2 Å². The summed E-state index contributed by atoms with van der Waals surface area (Å²) < 4.78 is 37.1. The fraction of sp³-hybridized carbons (Fsp3) is 0.417. The van der Waals surface area contributed by atoms with E-state index in [1.165, 1.54) is 18.2 Å². The molecule has 1 aromatic carbocycles. The third-order valence-electron chi connectivity index (χ3n) is 3.06. The first-order chi connectivity index (χ1) is 8.90. The fourth-order valence-electron chi connectivity index (χ4n) is 2.05. The number of amides is 1. The van der Waals surface area contributed by atoms with Gasteiger partial charge in [-0.1, -0.05) is 6.42 Å². The molecule has 0 aliphatic carbocycles. The molecule has 0 spiro atoms. The number of halogens is 2. The molecule has 0 bridgehead atoms. The van der Waals surface area contributed by atoms with E-state index in [-0.39, 0.29) is 5.75 Å². The molecular formula is C12H13FINO3S. The maximum absolute atomic E-state index is 12.9. The van der Waals surface area contributed by atoms with Gasteiger partial charge in [0.05, 0.1) is 11.4 Å². The lowest BCUT2D eigenvalue weighted by atomic mass is 10.2. The second-order valence-corrected chi connectivity index (χ2v) is 7.93. The highest BCUT2D eigenvalue weighted by Crippen LogP contribution is 2.23. The molecular weight excluding hydrogens is 384 g/mol. The van der Waals surface area contributed by atoms with Gasteiger partial charge in [-0.25, -0.2) is 12.8 Å². The number of benzene rings is 1. The number of anilines is 1. The summed E-state index contributed by atoms with van der Waals surface area (Å²) in [5.74, 6) is -0.858. The molecule has 1 N–H and O–H groups in total. The van der Waals surface area contributed by atoms with Crippen LogP contribution in [0.25, 0.3) is 0 Å². The van der Waals surface area contributed by atoms with Gasteiger partial charge in [0.25, 0.3) is 0 Å². The fourth-order valence-corrected chi connectivity index (χ4v) is 4.47. The lowest BCUT2D eigenvalue weighted by molar-refractivity contribution is -0.116. The Bertz CT molecular complexity index is 603. The van der Waals surface area contributed by atoms with Gasteiger partial charge in [-0.05, 0) is 53.6 Å². The van der Waals surface area contributed by atoms with E-state index in [1.807, 2.05) is 22.6 Å². The van der Waals surface area contributed by atoms with Crippen LogP contribution in [0.1, 0.15) is 19.3 Å². The van der Waals surface area contributed by atoms with Crippen LogP contribution in [0, 0.1) is 9.39 Å². The average Bonchev–Trinajstić information content (AvgIpc) is 2.32. The molecule has 1 fully saturated rings. The van der Waals surface area contributed by atoms with E-state index in [0.29, 0.717) is 22.1 Å². The van der Waals surface area contributed by atoms with Gasteiger partial charge in [0.1, 0.15) is 11.1 Å². The van der Waals surface area contributed by atoms with E-state index >= 15 is 0 Å². The quantitative estimate of drug-likeness (QED) is 0.780. The molecule has 1 saturated heterocycles. The Hall–Kier alpha value is -0.700. The molecule has 7 heteroatoms. The van der Waals surface area contributed by atoms with Gasteiger partial charge in [0.15, 0.2) is 9.84 Å². The summed E-state index contributed by atoms with van der Waals surface area (Å²) in [6.07, 6.45) is 1.70. The summed E-state index contributed by atoms with van der Waals surface area (Å²) in [6.45, 7) is 0.